The Labute approximate surface area is 94.8 Å². The zero-order chi connectivity index (χ0) is 10.8. The molecule has 0 atom stereocenters. The molecule has 0 bridgehead atoms. The van der Waals surface area contributed by atoms with Gasteiger partial charge in [-0.15, -0.1) is 0 Å². The Morgan fingerprint density at radius 2 is 2.06 bits per heavy atom. The number of benzene rings is 1. The van der Waals surface area contributed by atoms with Crippen LogP contribution >= 0.6 is 0 Å². The maximum atomic E-state index is 4.28. The van der Waals surface area contributed by atoms with Gasteiger partial charge >= 0.3 is 0 Å². The molecule has 0 spiro atoms. The molecular formula is C13H12N3. The van der Waals surface area contributed by atoms with E-state index in [9.17, 15) is 0 Å². The molecule has 1 aromatic carbocycles. The third kappa shape index (κ3) is 1.65. The average Bonchev–Trinajstić information content (AvgIpc) is 2.39. The normalized spacial score (nSPS) is 14.6. The van der Waals surface area contributed by atoms with Crippen LogP contribution in [0.2, 0.25) is 0 Å². The minimum absolute atomic E-state index is 0.811. The number of fused-ring (bicyclic) bond motifs is 1. The lowest BCUT2D eigenvalue weighted by molar-refractivity contribution is 0.707. The molecule has 0 saturated heterocycles. The lowest BCUT2D eigenvalue weighted by atomic mass is 10.0. The first-order valence-electron chi connectivity index (χ1n) is 5.44. The van der Waals surface area contributed by atoms with Crippen molar-refractivity contribution in [2.24, 2.45) is 0 Å². The zero-order valence-electron chi connectivity index (χ0n) is 8.93. The van der Waals surface area contributed by atoms with E-state index in [2.05, 4.69) is 27.0 Å². The molecule has 79 valence electrons. The zero-order valence-corrected chi connectivity index (χ0v) is 8.93. The number of hydrogen-bond donors (Lipinski definition) is 0. The van der Waals surface area contributed by atoms with Crippen molar-refractivity contribution in [2.75, 3.05) is 11.4 Å². The van der Waals surface area contributed by atoms with Crippen molar-refractivity contribution in [1.29, 1.82) is 0 Å². The van der Waals surface area contributed by atoms with Crippen LogP contribution in [0.15, 0.2) is 36.7 Å². The van der Waals surface area contributed by atoms with Crippen molar-refractivity contribution in [3.05, 3.63) is 53.9 Å². The first-order chi connectivity index (χ1) is 7.93. The van der Waals surface area contributed by atoms with Crippen LogP contribution < -0.4 is 4.90 Å². The topological polar surface area (TPSA) is 29.0 Å². The average molecular weight is 210 g/mol. The largest absolute Gasteiger partial charge is 0.336 e. The predicted octanol–water partition coefficient (Wildman–Crippen LogP) is 1.84. The van der Waals surface area contributed by atoms with E-state index in [0.717, 1.165) is 25.5 Å². The Hall–Kier alpha value is -1.90. The highest BCUT2D eigenvalue weighted by atomic mass is 15.2. The van der Waals surface area contributed by atoms with Gasteiger partial charge in [-0.25, -0.2) is 9.97 Å². The highest BCUT2D eigenvalue weighted by Crippen LogP contribution is 2.20. The van der Waals surface area contributed by atoms with Crippen LogP contribution in [0.3, 0.4) is 0 Å². The van der Waals surface area contributed by atoms with Gasteiger partial charge in [0.1, 0.15) is 0 Å². The van der Waals surface area contributed by atoms with Gasteiger partial charge in [0.2, 0.25) is 5.95 Å². The van der Waals surface area contributed by atoms with Crippen molar-refractivity contribution in [3.63, 3.8) is 0 Å². The fourth-order valence-electron chi connectivity index (χ4n) is 2.04. The van der Waals surface area contributed by atoms with E-state index in [1.807, 2.05) is 18.2 Å². The van der Waals surface area contributed by atoms with E-state index in [1.54, 1.807) is 12.4 Å². The summed E-state index contributed by atoms with van der Waals surface area (Å²) in [7, 11) is 0. The lowest BCUT2D eigenvalue weighted by Gasteiger charge is -2.28. The minimum atomic E-state index is 0.811. The summed E-state index contributed by atoms with van der Waals surface area (Å²) in [6.45, 7) is 1.84. The molecule has 3 nitrogen and oxygen atoms in total. The SMILES string of the molecule is [c]1cccc2c1CN(c1ncccn1)CC2. The monoisotopic (exact) mass is 210 g/mol. The lowest BCUT2D eigenvalue weighted by Crippen LogP contribution is -2.31. The van der Waals surface area contributed by atoms with Crippen molar-refractivity contribution >= 4 is 5.95 Å². The standard InChI is InChI=1S/C13H12N3/c1-2-5-12-10-16(9-6-11(12)4-1)13-14-7-3-8-15-13/h1-4,7-8H,6,9-10H2. The number of anilines is 1. The molecule has 16 heavy (non-hydrogen) atoms. The highest BCUT2D eigenvalue weighted by molar-refractivity contribution is 5.38. The molecule has 0 N–H and O–H groups in total. The summed E-state index contributed by atoms with van der Waals surface area (Å²) in [4.78, 5) is 10.7. The van der Waals surface area contributed by atoms with Crippen molar-refractivity contribution in [2.45, 2.75) is 13.0 Å². The number of nitrogens with zero attached hydrogens (tertiary/aromatic N) is 3. The van der Waals surface area contributed by atoms with E-state index in [-0.39, 0.29) is 0 Å². The fraction of sp³-hybridized carbons (Fsp3) is 0.231. The van der Waals surface area contributed by atoms with Crippen LogP contribution in [0.1, 0.15) is 11.1 Å². The molecule has 2 aromatic rings. The summed E-state index contributed by atoms with van der Waals surface area (Å²) in [5, 5.41) is 0. The highest BCUT2D eigenvalue weighted by Gasteiger charge is 2.17. The molecule has 0 saturated carbocycles. The molecule has 2 heterocycles. The Morgan fingerprint density at radius 3 is 2.94 bits per heavy atom. The van der Waals surface area contributed by atoms with E-state index in [1.165, 1.54) is 11.1 Å². The molecule has 1 aliphatic heterocycles. The second kappa shape index (κ2) is 3.93. The smallest absolute Gasteiger partial charge is 0.225 e. The van der Waals surface area contributed by atoms with Gasteiger partial charge in [0.25, 0.3) is 0 Å². The number of rotatable bonds is 1. The molecule has 3 heteroatoms. The molecule has 0 fully saturated rings. The van der Waals surface area contributed by atoms with Gasteiger partial charge in [-0.3, -0.25) is 0 Å². The Morgan fingerprint density at radius 1 is 1.19 bits per heavy atom. The fourth-order valence-corrected chi connectivity index (χ4v) is 2.04. The maximum Gasteiger partial charge on any atom is 0.225 e. The van der Waals surface area contributed by atoms with Gasteiger partial charge in [-0.2, -0.15) is 0 Å². The van der Waals surface area contributed by atoms with E-state index < -0.39 is 0 Å². The summed E-state index contributed by atoms with van der Waals surface area (Å²) >= 11 is 0. The Bertz CT molecular complexity index is 482. The summed E-state index contributed by atoms with van der Waals surface area (Å²) in [6, 6.07) is 11.3. The van der Waals surface area contributed by atoms with Crippen LogP contribution in [0.25, 0.3) is 0 Å². The van der Waals surface area contributed by atoms with Crippen LogP contribution in [-0.2, 0) is 13.0 Å². The van der Waals surface area contributed by atoms with Gasteiger partial charge in [-0.05, 0) is 29.7 Å². The molecule has 0 amide bonds. The van der Waals surface area contributed by atoms with Crippen LogP contribution in [0.5, 0.6) is 0 Å². The molecular weight excluding hydrogens is 198 g/mol. The molecule has 1 radical (unpaired) electrons. The van der Waals surface area contributed by atoms with Gasteiger partial charge in [-0.1, -0.05) is 18.2 Å². The van der Waals surface area contributed by atoms with Crippen LogP contribution in [0, 0.1) is 6.07 Å². The predicted molar refractivity (Wildman–Crippen MR) is 62.1 cm³/mol. The van der Waals surface area contributed by atoms with Gasteiger partial charge < -0.3 is 4.90 Å². The first-order valence-corrected chi connectivity index (χ1v) is 5.44. The number of hydrogen-bond acceptors (Lipinski definition) is 3. The molecule has 0 unspecified atom stereocenters. The quantitative estimate of drug-likeness (QED) is 0.719. The number of aromatic nitrogens is 2. The molecule has 0 aliphatic carbocycles. The third-order valence-electron chi connectivity index (χ3n) is 2.87. The summed E-state index contributed by atoms with van der Waals surface area (Å²) in [5.41, 5.74) is 2.66. The molecule has 1 aromatic heterocycles. The van der Waals surface area contributed by atoms with Crippen LogP contribution in [-0.4, -0.2) is 16.5 Å². The van der Waals surface area contributed by atoms with Crippen LogP contribution in [0.4, 0.5) is 5.95 Å². The molecule has 1 aliphatic rings. The van der Waals surface area contributed by atoms with E-state index in [0.29, 0.717) is 0 Å². The van der Waals surface area contributed by atoms with Gasteiger partial charge in [0.15, 0.2) is 0 Å². The Balaban J connectivity index is 1.89. The van der Waals surface area contributed by atoms with Gasteiger partial charge in [0, 0.05) is 25.5 Å². The van der Waals surface area contributed by atoms with Crippen molar-refractivity contribution < 1.29 is 0 Å². The third-order valence-corrected chi connectivity index (χ3v) is 2.87. The second-order valence-corrected chi connectivity index (χ2v) is 3.89. The van der Waals surface area contributed by atoms with Crippen molar-refractivity contribution in [1.82, 2.24) is 9.97 Å². The van der Waals surface area contributed by atoms with E-state index in [4.69, 9.17) is 0 Å². The maximum absolute atomic E-state index is 4.28. The second-order valence-electron chi connectivity index (χ2n) is 3.89. The summed E-state index contributed by atoms with van der Waals surface area (Å²) < 4.78 is 0. The van der Waals surface area contributed by atoms with E-state index >= 15 is 0 Å². The Kier molecular flexibility index (Phi) is 2.29. The first kappa shape index (κ1) is 9.33. The minimum Gasteiger partial charge on any atom is -0.336 e. The van der Waals surface area contributed by atoms with Gasteiger partial charge in [0.05, 0.1) is 0 Å². The summed E-state index contributed by atoms with van der Waals surface area (Å²) in [6.07, 6.45) is 4.62. The van der Waals surface area contributed by atoms with Crippen molar-refractivity contribution in [3.8, 4) is 0 Å². The molecule has 3 rings (SSSR count). The summed E-state index contributed by atoms with van der Waals surface area (Å²) in [5.74, 6) is 0.811.